The van der Waals surface area contributed by atoms with E-state index in [4.69, 9.17) is 0 Å². The molecule has 0 fully saturated rings. The Morgan fingerprint density at radius 2 is 1.78 bits per heavy atom. The highest BCUT2D eigenvalue weighted by molar-refractivity contribution is 5.76. The van der Waals surface area contributed by atoms with Crippen LogP contribution in [0.2, 0.25) is 0 Å². The monoisotopic (exact) mass is 321 g/mol. The normalized spacial score (nSPS) is 12.7. The Kier molecular flexibility index (Phi) is 5.42. The molecule has 0 aliphatic rings. The number of hydrogen-bond acceptors (Lipinski definition) is 1. The molecule has 1 N–H and O–H groups in total. The highest BCUT2D eigenvalue weighted by atomic mass is 19.4. The summed E-state index contributed by atoms with van der Waals surface area (Å²) in [6, 6.07) is 14.6. The molecule has 2 nitrogen and oxygen atoms in total. The predicted octanol–water partition coefficient (Wildman–Crippen LogP) is 4.52. The van der Waals surface area contributed by atoms with Gasteiger partial charge in [-0.2, -0.15) is 13.2 Å². The zero-order chi connectivity index (χ0) is 16.9. The summed E-state index contributed by atoms with van der Waals surface area (Å²) >= 11 is 0. The third-order valence-electron chi connectivity index (χ3n) is 3.60. The van der Waals surface area contributed by atoms with Crippen LogP contribution in [0.15, 0.2) is 54.6 Å². The molecule has 0 bridgehead atoms. The van der Waals surface area contributed by atoms with Crippen LogP contribution in [-0.2, 0) is 17.5 Å². The average molecular weight is 321 g/mol. The first kappa shape index (κ1) is 17.1. The minimum atomic E-state index is -4.37. The van der Waals surface area contributed by atoms with Crippen molar-refractivity contribution in [2.24, 2.45) is 0 Å². The maximum atomic E-state index is 12.6. The number of amides is 1. The van der Waals surface area contributed by atoms with Crippen molar-refractivity contribution in [3.8, 4) is 0 Å². The van der Waals surface area contributed by atoms with Crippen molar-refractivity contribution in [1.29, 1.82) is 0 Å². The van der Waals surface area contributed by atoms with Crippen molar-refractivity contribution in [1.82, 2.24) is 5.32 Å². The van der Waals surface area contributed by atoms with E-state index in [2.05, 4.69) is 5.32 Å². The van der Waals surface area contributed by atoms with Crippen LogP contribution in [0.25, 0.3) is 0 Å². The van der Waals surface area contributed by atoms with Crippen LogP contribution >= 0.6 is 0 Å². The van der Waals surface area contributed by atoms with E-state index in [-0.39, 0.29) is 18.4 Å². The lowest BCUT2D eigenvalue weighted by Crippen LogP contribution is -2.24. The molecule has 0 saturated heterocycles. The molecule has 0 heterocycles. The second-order valence-electron chi connectivity index (χ2n) is 5.49. The maximum Gasteiger partial charge on any atom is 0.416 e. The van der Waals surface area contributed by atoms with Crippen molar-refractivity contribution in [3.63, 3.8) is 0 Å². The minimum Gasteiger partial charge on any atom is -0.352 e. The number of rotatable bonds is 5. The Morgan fingerprint density at radius 3 is 2.43 bits per heavy atom. The molecular formula is C18H18F3NO. The van der Waals surface area contributed by atoms with Gasteiger partial charge in [0.15, 0.2) is 0 Å². The first-order valence-corrected chi connectivity index (χ1v) is 7.34. The summed E-state index contributed by atoms with van der Waals surface area (Å²) in [5, 5.41) is 2.67. The van der Waals surface area contributed by atoms with Gasteiger partial charge in [0.05, 0.1) is 5.56 Å². The molecule has 1 atom stereocenters. The first-order valence-electron chi connectivity index (χ1n) is 7.34. The highest BCUT2D eigenvalue weighted by Crippen LogP contribution is 2.29. The highest BCUT2D eigenvalue weighted by Gasteiger charge is 2.30. The molecule has 0 aliphatic heterocycles. The van der Waals surface area contributed by atoms with Gasteiger partial charge >= 0.3 is 6.18 Å². The van der Waals surface area contributed by atoms with Gasteiger partial charge in [-0.3, -0.25) is 4.79 Å². The first-order chi connectivity index (χ1) is 10.9. The van der Waals surface area contributed by atoms with Crippen LogP contribution in [0.1, 0.15) is 36.0 Å². The van der Waals surface area contributed by atoms with E-state index in [1.807, 2.05) is 37.3 Å². The van der Waals surface area contributed by atoms with Gasteiger partial charge in [0, 0.05) is 13.0 Å². The fourth-order valence-corrected chi connectivity index (χ4v) is 2.31. The molecule has 0 aromatic heterocycles. The smallest absolute Gasteiger partial charge is 0.352 e. The molecule has 0 spiro atoms. The van der Waals surface area contributed by atoms with E-state index in [9.17, 15) is 18.0 Å². The topological polar surface area (TPSA) is 29.1 Å². The zero-order valence-corrected chi connectivity index (χ0v) is 12.7. The van der Waals surface area contributed by atoms with Gasteiger partial charge in [-0.15, -0.1) is 0 Å². The van der Waals surface area contributed by atoms with E-state index in [0.717, 1.165) is 17.7 Å². The third kappa shape index (κ3) is 5.13. The number of hydrogen-bond donors (Lipinski definition) is 1. The number of alkyl halides is 3. The van der Waals surface area contributed by atoms with Crippen molar-refractivity contribution in [3.05, 3.63) is 71.3 Å². The molecule has 23 heavy (non-hydrogen) atoms. The summed E-state index contributed by atoms with van der Waals surface area (Å²) in [5.74, 6) is -0.128. The van der Waals surface area contributed by atoms with Crippen LogP contribution in [-0.4, -0.2) is 5.91 Å². The van der Waals surface area contributed by atoms with Crippen molar-refractivity contribution in [2.45, 2.75) is 32.0 Å². The zero-order valence-electron chi connectivity index (χ0n) is 12.7. The average Bonchev–Trinajstić information content (AvgIpc) is 2.53. The van der Waals surface area contributed by atoms with Gasteiger partial charge in [-0.05, 0) is 29.2 Å². The Bertz CT molecular complexity index is 653. The van der Waals surface area contributed by atoms with E-state index < -0.39 is 11.7 Å². The van der Waals surface area contributed by atoms with Crippen molar-refractivity contribution >= 4 is 5.91 Å². The van der Waals surface area contributed by atoms with Gasteiger partial charge in [-0.1, -0.05) is 49.4 Å². The van der Waals surface area contributed by atoms with Gasteiger partial charge < -0.3 is 5.32 Å². The van der Waals surface area contributed by atoms with Gasteiger partial charge in [0.1, 0.15) is 0 Å². The molecule has 122 valence electrons. The standard InChI is InChI=1S/C18H18F3NO/c1-13(15-7-3-2-4-8-15)10-17(23)22-12-14-6-5-9-16(11-14)18(19,20)21/h2-9,11,13H,10,12H2,1H3,(H,22,23)/t13-/m1/s1. The van der Waals surface area contributed by atoms with Crippen molar-refractivity contribution in [2.75, 3.05) is 0 Å². The molecule has 0 radical (unpaired) electrons. The Labute approximate surface area is 133 Å². The van der Waals surface area contributed by atoms with E-state index in [1.165, 1.54) is 6.07 Å². The lowest BCUT2D eigenvalue weighted by molar-refractivity contribution is -0.137. The number of nitrogens with one attached hydrogen (secondary N) is 1. The SMILES string of the molecule is C[C@H](CC(=O)NCc1cccc(C(F)(F)F)c1)c1ccccc1. The fourth-order valence-electron chi connectivity index (χ4n) is 2.31. The van der Waals surface area contributed by atoms with E-state index in [1.54, 1.807) is 6.07 Å². The number of carbonyl (C=O) groups is 1. The quantitative estimate of drug-likeness (QED) is 0.862. The molecule has 2 aromatic carbocycles. The lowest BCUT2D eigenvalue weighted by Gasteiger charge is -2.13. The molecule has 5 heteroatoms. The predicted molar refractivity (Wildman–Crippen MR) is 82.8 cm³/mol. The maximum absolute atomic E-state index is 12.6. The second-order valence-corrected chi connectivity index (χ2v) is 5.49. The summed E-state index contributed by atoms with van der Waals surface area (Å²) in [7, 11) is 0. The summed E-state index contributed by atoms with van der Waals surface area (Å²) in [6.45, 7) is 2.03. The minimum absolute atomic E-state index is 0.0534. The van der Waals surface area contributed by atoms with E-state index >= 15 is 0 Å². The van der Waals surface area contributed by atoms with Crippen LogP contribution in [0.4, 0.5) is 13.2 Å². The molecule has 0 aliphatic carbocycles. The molecule has 0 saturated carbocycles. The van der Waals surface area contributed by atoms with Crippen molar-refractivity contribution < 1.29 is 18.0 Å². The van der Waals surface area contributed by atoms with E-state index in [0.29, 0.717) is 12.0 Å². The van der Waals surface area contributed by atoms with Crippen LogP contribution in [0, 0.1) is 0 Å². The summed E-state index contributed by atoms with van der Waals surface area (Å²) < 4.78 is 37.9. The van der Waals surface area contributed by atoms with Crippen LogP contribution < -0.4 is 5.32 Å². The number of carbonyl (C=O) groups excluding carboxylic acids is 1. The number of benzene rings is 2. The molecule has 0 unspecified atom stereocenters. The lowest BCUT2D eigenvalue weighted by atomic mass is 9.97. The third-order valence-corrected chi connectivity index (χ3v) is 3.60. The Balaban J connectivity index is 1.90. The number of halogens is 3. The largest absolute Gasteiger partial charge is 0.416 e. The van der Waals surface area contributed by atoms with Gasteiger partial charge in [-0.25, -0.2) is 0 Å². The Morgan fingerprint density at radius 1 is 1.09 bits per heavy atom. The summed E-state index contributed by atoms with van der Waals surface area (Å²) in [5.41, 5.74) is 0.782. The molecule has 1 amide bonds. The molecular weight excluding hydrogens is 303 g/mol. The molecule has 2 rings (SSSR count). The fraction of sp³-hybridized carbons (Fsp3) is 0.278. The van der Waals surface area contributed by atoms with Crippen LogP contribution in [0.3, 0.4) is 0 Å². The summed E-state index contributed by atoms with van der Waals surface area (Å²) in [6.07, 6.45) is -4.08. The van der Waals surface area contributed by atoms with Gasteiger partial charge in [0.25, 0.3) is 0 Å². The van der Waals surface area contributed by atoms with Gasteiger partial charge in [0.2, 0.25) is 5.91 Å². The molecule has 2 aromatic rings. The van der Waals surface area contributed by atoms with Crippen LogP contribution in [0.5, 0.6) is 0 Å². The Hall–Kier alpha value is -2.30. The summed E-state index contributed by atoms with van der Waals surface area (Å²) in [4.78, 5) is 11.9. The second kappa shape index (κ2) is 7.31.